The van der Waals surface area contributed by atoms with Crippen molar-refractivity contribution in [1.29, 1.82) is 0 Å². The molecule has 1 atom stereocenters. The number of hydrogen-bond acceptors (Lipinski definition) is 3. The molecule has 1 rings (SSSR count). The summed E-state index contributed by atoms with van der Waals surface area (Å²) in [6, 6.07) is 5.12. The van der Waals surface area contributed by atoms with Crippen molar-refractivity contribution in [3.63, 3.8) is 0 Å². The summed E-state index contributed by atoms with van der Waals surface area (Å²) >= 11 is 0. The molecular formula is C10H16BO3P. The summed E-state index contributed by atoms with van der Waals surface area (Å²) in [5, 5.41) is 18.9. The molecule has 0 spiro atoms. The van der Waals surface area contributed by atoms with Crippen molar-refractivity contribution in [2.75, 3.05) is 12.8 Å². The van der Waals surface area contributed by atoms with Gasteiger partial charge in [0.2, 0.25) is 0 Å². The molecule has 0 aliphatic rings. The van der Waals surface area contributed by atoms with E-state index in [0.717, 1.165) is 10.9 Å². The summed E-state index contributed by atoms with van der Waals surface area (Å²) in [6.45, 7) is 5.43. The molecule has 2 N–H and O–H groups in total. The van der Waals surface area contributed by atoms with Crippen molar-refractivity contribution >= 4 is 25.0 Å². The van der Waals surface area contributed by atoms with Crippen LogP contribution in [0.5, 0.6) is 0 Å². The number of benzene rings is 1. The van der Waals surface area contributed by atoms with Gasteiger partial charge in [-0.3, -0.25) is 0 Å². The molecule has 0 heterocycles. The molecule has 0 aromatic heterocycles. The van der Waals surface area contributed by atoms with E-state index in [-0.39, 0.29) is 0 Å². The first kappa shape index (κ1) is 12.5. The van der Waals surface area contributed by atoms with Gasteiger partial charge in [0, 0.05) is 11.5 Å². The Labute approximate surface area is 90.7 Å². The molecule has 1 unspecified atom stereocenters. The van der Waals surface area contributed by atoms with Gasteiger partial charge >= 0.3 is 7.12 Å². The maximum absolute atomic E-state index is 12.1. The van der Waals surface area contributed by atoms with Crippen molar-refractivity contribution in [3.8, 4) is 0 Å². The third-order valence-electron chi connectivity index (χ3n) is 2.68. The molecule has 1 aromatic carbocycles. The molecule has 0 saturated heterocycles. The highest BCUT2D eigenvalue weighted by molar-refractivity contribution is 7.70. The molecule has 1 aromatic rings. The summed E-state index contributed by atoms with van der Waals surface area (Å²) in [7, 11) is -3.73. The van der Waals surface area contributed by atoms with Gasteiger partial charge in [-0.1, -0.05) is 24.6 Å². The first-order valence-corrected chi connectivity index (χ1v) is 7.26. The van der Waals surface area contributed by atoms with Gasteiger partial charge < -0.3 is 14.6 Å². The quantitative estimate of drug-likeness (QED) is 0.576. The Kier molecular flexibility index (Phi) is 3.77. The molecule has 0 aliphatic carbocycles. The van der Waals surface area contributed by atoms with E-state index in [0.29, 0.717) is 11.6 Å². The van der Waals surface area contributed by atoms with Crippen molar-refractivity contribution in [2.24, 2.45) is 0 Å². The average molecular weight is 226 g/mol. The lowest BCUT2D eigenvalue weighted by atomic mass is 9.77. The van der Waals surface area contributed by atoms with E-state index in [1.807, 2.05) is 6.92 Å². The van der Waals surface area contributed by atoms with Crippen molar-refractivity contribution < 1.29 is 14.6 Å². The minimum Gasteiger partial charge on any atom is -0.423 e. The van der Waals surface area contributed by atoms with Crippen LogP contribution in [0, 0.1) is 6.92 Å². The predicted octanol–water partition coefficient (Wildman–Crippen LogP) is 0.313. The number of aryl methyl sites for hydroxylation is 1. The van der Waals surface area contributed by atoms with Crippen LogP contribution in [-0.2, 0) is 4.57 Å². The maximum atomic E-state index is 12.1. The second kappa shape index (κ2) is 4.52. The van der Waals surface area contributed by atoms with Crippen LogP contribution in [0.4, 0.5) is 0 Å². The van der Waals surface area contributed by atoms with Gasteiger partial charge in [-0.15, -0.1) is 0 Å². The fraction of sp³-hybridized carbons (Fsp3) is 0.400. The van der Waals surface area contributed by atoms with Crippen molar-refractivity contribution in [2.45, 2.75) is 13.8 Å². The van der Waals surface area contributed by atoms with E-state index < -0.39 is 14.3 Å². The third-order valence-corrected chi connectivity index (χ3v) is 5.26. The van der Waals surface area contributed by atoms with Gasteiger partial charge in [0.15, 0.2) is 0 Å². The lowest BCUT2D eigenvalue weighted by Crippen LogP contribution is -2.33. The zero-order valence-corrected chi connectivity index (χ0v) is 10.2. The molecule has 3 nitrogen and oxygen atoms in total. The number of rotatable bonds is 3. The molecule has 0 saturated carbocycles. The first-order valence-electron chi connectivity index (χ1n) is 4.92. The Hall–Kier alpha value is -0.565. The second-order valence-electron chi connectivity index (χ2n) is 3.83. The van der Waals surface area contributed by atoms with Gasteiger partial charge in [-0.05, 0) is 25.1 Å². The Morgan fingerprint density at radius 3 is 2.40 bits per heavy atom. The Morgan fingerprint density at radius 2 is 2.00 bits per heavy atom. The molecule has 0 bridgehead atoms. The maximum Gasteiger partial charge on any atom is 0.488 e. The predicted molar refractivity (Wildman–Crippen MR) is 64.7 cm³/mol. The molecular weight excluding hydrogens is 210 g/mol. The summed E-state index contributed by atoms with van der Waals surface area (Å²) in [4.78, 5) is 0. The lowest BCUT2D eigenvalue weighted by Gasteiger charge is -2.13. The molecule has 15 heavy (non-hydrogen) atoms. The Morgan fingerprint density at radius 1 is 1.40 bits per heavy atom. The van der Waals surface area contributed by atoms with Crippen LogP contribution in [0.15, 0.2) is 18.2 Å². The topological polar surface area (TPSA) is 57.5 Å². The van der Waals surface area contributed by atoms with Gasteiger partial charge in [0.25, 0.3) is 0 Å². The third kappa shape index (κ3) is 2.72. The van der Waals surface area contributed by atoms with Crippen LogP contribution in [0.2, 0.25) is 0 Å². The van der Waals surface area contributed by atoms with Gasteiger partial charge in [-0.2, -0.15) is 0 Å². The minimum absolute atomic E-state index is 0.467. The van der Waals surface area contributed by atoms with Gasteiger partial charge in [-0.25, -0.2) is 0 Å². The van der Waals surface area contributed by atoms with Gasteiger partial charge in [0.05, 0.1) is 0 Å². The molecule has 0 aliphatic heterocycles. The largest absolute Gasteiger partial charge is 0.488 e. The summed E-state index contributed by atoms with van der Waals surface area (Å²) in [5.41, 5.74) is 1.23. The smallest absolute Gasteiger partial charge is 0.423 e. The molecule has 0 fully saturated rings. The zero-order valence-electron chi connectivity index (χ0n) is 9.27. The van der Waals surface area contributed by atoms with Crippen LogP contribution >= 0.6 is 7.14 Å². The van der Waals surface area contributed by atoms with E-state index in [2.05, 4.69) is 0 Å². The highest BCUT2D eigenvalue weighted by atomic mass is 31.2. The van der Waals surface area contributed by atoms with Crippen LogP contribution in [0.1, 0.15) is 12.5 Å². The molecule has 0 radical (unpaired) electrons. The monoisotopic (exact) mass is 226 g/mol. The minimum atomic E-state index is -2.27. The SMILES string of the molecule is CCP(C)(=O)c1ccc(B(O)O)c(C)c1. The fourth-order valence-corrected chi connectivity index (χ4v) is 2.65. The summed E-state index contributed by atoms with van der Waals surface area (Å²) in [6.07, 6.45) is 0.619. The zero-order chi connectivity index (χ0) is 11.6. The second-order valence-corrected chi connectivity index (χ2v) is 7.18. The Balaban J connectivity index is 3.18. The van der Waals surface area contributed by atoms with Crippen LogP contribution < -0.4 is 10.8 Å². The fourth-order valence-electron chi connectivity index (χ4n) is 1.43. The van der Waals surface area contributed by atoms with E-state index in [1.54, 1.807) is 31.8 Å². The van der Waals surface area contributed by atoms with Crippen molar-refractivity contribution in [1.82, 2.24) is 0 Å². The molecule has 5 heteroatoms. The van der Waals surface area contributed by atoms with Crippen LogP contribution in [0.3, 0.4) is 0 Å². The van der Waals surface area contributed by atoms with E-state index in [4.69, 9.17) is 10.0 Å². The highest BCUT2D eigenvalue weighted by Gasteiger charge is 2.19. The summed E-state index contributed by atoms with van der Waals surface area (Å²) in [5.74, 6) is 0. The van der Waals surface area contributed by atoms with E-state index >= 15 is 0 Å². The number of hydrogen-bond donors (Lipinski definition) is 2. The highest BCUT2D eigenvalue weighted by Crippen LogP contribution is 2.38. The normalized spacial score (nSPS) is 14.7. The standard InChI is InChI=1S/C10H16BO3P/c1-4-15(3,14)9-5-6-10(11(12)13)8(2)7-9/h5-7,12-13H,4H2,1-3H3. The first-order chi connectivity index (χ1) is 6.88. The van der Waals surface area contributed by atoms with E-state index in [9.17, 15) is 4.57 Å². The van der Waals surface area contributed by atoms with Gasteiger partial charge in [0.1, 0.15) is 7.14 Å². The Bertz CT molecular complexity index is 404. The van der Waals surface area contributed by atoms with Crippen LogP contribution in [0.25, 0.3) is 0 Å². The van der Waals surface area contributed by atoms with Crippen LogP contribution in [-0.4, -0.2) is 30.0 Å². The average Bonchev–Trinajstić information content (AvgIpc) is 2.17. The lowest BCUT2D eigenvalue weighted by molar-refractivity contribution is 0.425. The molecule has 0 amide bonds. The molecule has 82 valence electrons. The van der Waals surface area contributed by atoms with Crippen molar-refractivity contribution in [3.05, 3.63) is 23.8 Å². The van der Waals surface area contributed by atoms with E-state index in [1.165, 1.54) is 0 Å². The summed E-state index contributed by atoms with van der Waals surface area (Å²) < 4.78 is 12.1.